The SMILES string of the molecule is C[C@H](NC(=O)c1cc(Cl)ccc1Cc1cccc(F)c1)c1ccc(C(=O)O)cc1. The van der Waals surface area contributed by atoms with Crippen molar-refractivity contribution in [3.8, 4) is 0 Å². The van der Waals surface area contributed by atoms with Gasteiger partial charge in [-0.3, -0.25) is 4.79 Å². The van der Waals surface area contributed by atoms with Crippen LogP contribution in [0.15, 0.2) is 66.7 Å². The lowest BCUT2D eigenvalue weighted by molar-refractivity contribution is 0.0696. The maximum Gasteiger partial charge on any atom is 0.335 e. The van der Waals surface area contributed by atoms with Crippen LogP contribution in [0.3, 0.4) is 0 Å². The zero-order valence-corrected chi connectivity index (χ0v) is 16.4. The largest absolute Gasteiger partial charge is 0.478 e. The van der Waals surface area contributed by atoms with E-state index in [2.05, 4.69) is 5.32 Å². The van der Waals surface area contributed by atoms with Crippen LogP contribution in [0.5, 0.6) is 0 Å². The third-order valence-electron chi connectivity index (χ3n) is 4.61. The van der Waals surface area contributed by atoms with Crippen LogP contribution in [-0.2, 0) is 6.42 Å². The Morgan fingerprint density at radius 1 is 1.07 bits per heavy atom. The van der Waals surface area contributed by atoms with Gasteiger partial charge in [-0.15, -0.1) is 0 Å². The molecule has 0 aliphatic carbocycles. The number of aromatic carboxylic acids is 1. The molecule has 4 nitrogen and oxygen atoms in total. The molecule has 0 radical (unpaired) electrons. The highest BCUT2D eigenvalue weighted by molar-refractivity contribution is 6.31. The summed E-state index contributed by atoms with van der Waals surface area (Å²) in [6.07, 6.45) is 0.388. The number of hydrogen-bond acceptors (Lipinski definition) is 2. The molecule has 1 atom stereocenters. The molecule has 0 aliphatic rings. The van der Waals surface area contributed by atoms with Gasteiger partial charge in [-0.1, -0.05) is 41.9 Å². The lowest BCUT2D eigenvalue weighted by Crippen LogP contribution is -2.27. The fourth-order valence-electron chi connectivity index (χ4n) is 3.05. The summed E-state index contributed by atoms with van der Waals surface area (Å²) in [5.74, 6) is -1.65. The van der Waals surface area contributed by atoms with Crippen LogP contribution in [0, 0.1) is 5.82 Å². The van der Waals surface area contributed by atoms with Crippen molar-refractivity contribution in [1.29, 1.82) is 0 Å². The van der Waals surface area contributed by atoms with Gasteiger partial charge in [-0.25, -0.2) is 9.18 Å². The number of carbonyl (C=O) groups excluding carboxylic acids is 1. The Balaban J connectivity index is 1.80. The molecule has 0 heterocycles. The highest BCUT2D eigenvalue weighted by Crippen LogP contribution is 2.21. The molecule has 0 aromatic heterocycles. The first-order valence-electron chi connectivity index (χ1n) is 9.00. The van der Waals surface area contributed by atoms with E-state index in [1.165, 1.54) is 24.3 Å². The molecule has 0 spiro atoms. The second-order valence-electron chi connectivity index (χ2n) is 6.73. The van der Waals surface area contributed by atoms with E-state index in [0.717, 1.165) is 16.7 Å². The van der Waals surface area contributed by atoms with Crippen LogP contribution in [-0.4, -0.2) is 17.0 Å². The van der Waals surface area contributed by atoms with Gasteiger partial charge in [0.15, 0.2) is 0 Å². The summed E-state index contributed by atoms with van der Waals surface area (Å²) in [5, 5.41) is 12.3. The molecule has 3 rings (SSSR count). The second-order valence-corrected chi connectivity index (χ2v) is 7.17. The molecular formula is C23H19ClFNO3. The number of carboxylic acids is 1. The molecule has 3 aromatic rings. The van der Waals surface area contributed by atoms with Gasteiger partial charge in [-0.05, 0) is 66.4 Å². The van der Waals surface area contributed by atoms with Crippen LogP contribution in [0.4, 0.5) is 4.39 Å². The molecule has 1 amide bonds. The summed E-state index contributed by atoms with van der Waals surface area (Å²) in [7, 11) is 0. The van der Waals surface area contributed by atoms with E-state index in [0.29, 0.717) is 17.0 Å². The number of amides is 1. The predicted octanol–water partition coefficient (Wildman–Crippen LogP) is 5.26. The number of rotatable bonds is 6. The zero-order chi connectivity index (χ0) is 21.0. The third-order valence-corrected chi connectivity index (χ3v) is 4.84. The molecular weight excluding hydrogens is 393 g/mol. The summed E-state index contributed by atoms with van der Waals surface area (Å²) in [4.78, 5) is 23.9. The Hall–Kier alpha value is -3.18. The normalized spacial score (nSPS) is 11.7. The van der Waals surface area contributed by atoms with Crippen LogP contribution in [0.1, 0.15) is 50.4 Å². The van der Waals surface area contributed by atoms with Gasteiger partial charge >= 0.3 is 5.97 Å². The average Bonchev–Trinajstić information content (AvgIpc) is 2.69. The third kappa shape index (κ3) is 5.21. The van der Waals surface area contributed by atoms with Gasteiger partial charge < -0.3 is 10.4 Å². The van der Waals surface area contributed by atoms with Crippen LogP contribution >= 0.6 is 11.6 Å². The average molecular weight is 412 g/mol. The van der Waals surface area contributed by atoms with Crippen molar-refractivity contribution in [1.82, 2.24) is 5.32 Å². The minimum atomic E-state index is -1.01. The van der Waals surface area contributed by atoms with E-state index < -0.39 is 5.97 Å². The van der Waals surface area contributed by atoms with Gasteiger partial charge in [0.05, 0.1) is 11.6 Å². The van der Waals surface area contributed by atoms with Crippen molar-refractivity contribution in [3.05, 3.63) is 105 Å². The van der Waals surface area contributed by atoms with Gasteiger partial charge in [0.25, 0.3) is 5.91 Å². The number of halogens is 2. The van der Waals surface area contributed by atoms with E-state index >= 15 is 0 Å². The van der Waals surface area contributed by atoms with Crippen molar-refractivity contribution in [2.75, 3.05) is 0 Å². The zero-order valence-electron chi connectivity index (χ0n) is 15.7. The molecule has 6 heteroatoms. The van der Waals surface area contributed by atoms with Crippen LogP contribution in [0.2, 0.25) is 5.02 Å². The van der Waals surface area contributed by atoms with Crippen molar-refractivity contribution in [2.24, 2.45) is 0 Å². The summed E-state index contributed by atoms with van der Waals surface area (Å²) >= 11 is 6.09. The topological polar surface area (TPSA) is 66.4 Å². The fourth-order valence-corrected chi connectivity index (χ4v) is 3.23. The van der Waals surface area contributed by atoms with Crippen LogP contribution in [0.25, 0.3) is 0 Å². The molecule has 0 saturated heterocycles. The van der Waals surface area contributed by atoms with Gasteiger partial charge in [-0.2, -0.15) is 0 Å². The maximum absolute atomic E-state index is 13.5. The summed E-state index contributed by atoms with van der Waals surface area (Å²) in [5.41, 5.74) is 2.84. The Bertz CT molecular complexity index is 1050. The first-order chi connectivity index (χ1) is 13.8. The highest BCUT2D eigenvalue weighted by Gasteiger charge is 2.16. The maximum atomic E-state index is 13.5. The van der Waals surface area contributed by atoms with E-state index in [4.69, 9.17) is 16.7 Å². The lowest BCUT2D eigenvalue weighted by atomic mass is 9.98. The van der Waals surface area contributed by atoms with Crippen molar-refractivity contribution in [3.63, 3.8) is 0 Å². The Kier molecular flexibility index (Phi) is 6.29. The summed E-state index contributed by atoms with van der Waals surface area (Å²) in [6.45, 7) is 1.81. The Morgan fingerprint density at radius 2 is 1.79 bits per heavy atom. The fraction of sp³-hybridized carbons (Fsp3) is 0.130. The quantitative estimate of drug-likeness (QED) is 0.581. The van der Waals surface area contributed by atoms with Gasteiger partial charge in [0.1, 0.15) is 5.82 Å². The van der Waals surface area contributed by atoms with Crippen molar-refractivity contribution >= 4 is 23.5 Å². The molecule has 0 unspecified atom stereocenters. The van der Waals surface area contributed by atoms with Crippen LogP contribution < -0.4 is 5.32 Å². The monoisotopic (exact) mass is 411 g/mol. The predicted molar refractivity (Wildman–Crippen MR) is 110 cm³/mol. The minimum absolute atomic E-state index is 0.180. The molecule has 2 N–H and O–H groups in total. The first-order valence-corrected chi connectivity index (χ1v) is 9.38. The number of carboxylic acid groups (broad SMARTS) is 1. The Morgan fingerprint density at radius 3 is 2.45 bits per heavy atom. The summed E-state index contributed by atoms with van der Waals surface area (Å²) < 4.78 is 13.5. The molecule has 29 heavy (non-hydrogen) atoms. The first kappa shape index (κ1) is 20.6. The Labute approximate surface area is 173 Å². The number of carbonyl (C=O) groups is 2. The van der Waals surface area contributed by atoms with E-state index in [9.17, 15) is 14.0 Å². The van der Waals surface area contributed by atoms with E-state index in [1.807, 2.05) is 6.92 Å². The summed E-state index contributed by atoms with van der Waals surface area (Å²) in [6, 6.07) is 17.3. The number of benzene rings is 3. The minimum Gasteiger partial charge on any atom is -0.478 e. The van der Waals surface area contributed by atoms with Gasteiger partial charge in [0, 0.05) is 10.6 Å². The standard InChI is InChI=1S/C23H19ClFNO3/c1-14(16-5-7-17(8-6-16)23(28)29)26-22(27)21-13-19(24)10-9-18(21)11-15-3-2-4-20(25)12-15/h2-10,12-14H,11H2,1H3,(H,26,27)(H,28,29)/t14-/m0/s1. The molecule has 0 aliphatic heterocycles. The number of nitrogens with one attached hydrogen (secondary N) is 1. The van der Waals surface area contributed by atoms with Crippen molar-refractivity contribution < 1.29 is 19.1 Å². The molecule has 3 aromatic carbocycles. The molecule has 148 valence electrons. The second kappa shape index (κ2) is 8.88. The number of hydrogen-bond donors (Lipinski definition) is 2. The van der Waals surface area contributed by atoms with E-state index in [-0.39, 0.29) is 23.3 Å². The molecule has 0 saturated carbocycles. The smallest absolute Gasteiger partial charge is 0.335 e. The van der Waals surface area contributed by atoms with Gasteiger partial charge in [0.2, 0.25) is 0 Å². The van der Waals surface area contributed by atoms with E-state index in [1.54, 1.807) is 42.5 Å². The lowest BCUT2D eigenvalue weighted by Gasteiger charge is -2.17. The molecule has 0 fully saturated rings. The molecule has 0 bridgehead atoms. The van der Waals surface area contributed by atoms with Crippen molar-refractivity contribution in [2.45, 2.75) is 19.4 Å². The highest BCUT2D eigenvalue weighted by atomic mass is 35.5.